The maximum absolute atomic E-state index is 9.46. The molecule has 1 fully saturated rings. The summed E-state index contributed by atoms with van der Waals surface area (Å²) in [5.41, 5.74) is -0.0849. The van der Waals surface area contributed by atoms with Crippen LogP contribution in [0.2, 0.25) is 0 Å². The molecule has 19 heavy (non-hydrogen) atoms. The number of aliphatic hydroxyl groups is 1. The fourth-order valence-corrected chi connectivity index (χ4v) is 3.05. The van der Waals surface area contributed by atoms with Gasteiger partial charge in [-0.3, -0.25) is 0 Å². The predicted molar refractivity (Wildman–Crippen MR) is 82.4 cm³/mol. The summed E-state index contributed by atoms with van der Waals surface area (Å²) in [5.74, 6) is 1.74. The van der Waals surface area contributed by atoms with Gasteiger partial charge in [-0.15, -0.1) is 0 Å². The van der Waals surface area contributed by atoms with Gasteiger partial charge in [0.15, 0.2) is 0 Å². The number of nitrogens with zero attached hydrogens (tertiary/aromatic N) is 1. The van der Waals surface area contributed by atoms with E-state index in [2.05, 4.69) is 37.9 Å². The number of hydrogen-bond donors (Lipinski definition) is 2. The average molecular weight is 270 g/mol. The van der Waals surface area contributed by atoms with Gasteiger partial charge in [0.25, 0.3) is 0 Å². The molecule has 0 aromatic carbocycles. The zero-order chi connectivity index (χ0) is 14.3. The van der Waals surface area contributed by atoms with E-state index in [0.717, 1.165) is 24.8 Å². The van der Waals surface area contributed by atoms with Gasteiger partial charge in [0.05, 0.1) is 6.61 Å². The third kappa shape index (κ3) is 5.80. The molecule has 3 unspecified atom stereocenters. The van der Waals surface area contributed by atoms with Crippen LogP contribution in [-0.4, -0.2) is 48.3 Å². The normalized spacial score (nSPS) is 28.3. The summed E-state index contributed by atoms with van der Waals surface area (Å²) in [6, 6.07) is 0. The molecule has 1 aliphatic rings. The molecule has 0 aromatic rings. The lowest BCUT2D eigenvalue weighted by Crippen LogP contribution is -2.45. The third-order valence-electron chi connectivity index (χ3n) is 4.82. The highest BCUT2D eigenvalue weighted by molar-refractivity contribution is 4.82. The Kier molecular flexibility index (Phi) is 7.33. The summed E-state index contributed by atoms with van der Waals surface area (Å²) in [7, 11) is 0. The first kappa shape index (κ1) is 16.9. The van der Waals surface area contributed by atoms with E-state index in [1.807, 2.05) is 0 Å². The van der Waals surface area contributed by atoms with Gasteiger partial charge < -0.3 is 15.3 Å². The van der Waals surface area contributed by atoms with Crippen LogP contribution in [0, 0.1) is 11.8 Å². The summed E-state index contributed by atoms with van der Waals surface area (Å²) in [4.78, 5) is 2.62. The standard InChI is InChI=1S/C16H34N2O/c1-5-17-16(4,13-19)9-6-7-10-18-11-8-14(2)15(3)12-18/h14-15,17,19H,5-13H2,1-4H3. The number of piperidine rings is 1. The van der Waals surface area contributed by atoms with Crippen molar-refractivity contribution in [2.24, 2.45) is 11.8 Å². The Balaban J connectivity index is 2.17. The van der Waals surface area contributed by atoms with Gasteiger partial charge in [0.1, 0.15) is 0 Å². The number of hydrogen-bond acceptors (Lipinski definition) is 3. The number of nitrogens with one attached hydrogen (secondary N) is 1. The molecule has 0 amide bonds. The van der Waals surface area contributed by atoms with E-state index in [1.54, 1.807) is 0 Å². The molecule has 114 valence electrons. The van der Waals surface area contributed by atoms with Crippen molar-refractivity contribution in [3.8, 4) is 0 Å². The second kappa shape index (κ2) is 8.23. The molecule has 0 aliphatic carbocycles. The minimum absolute atomic E-state index is 0.0849. The van der Waals surface area contributed by atoms with Crippen molar-refractivity contribution >= 4 is 0 Å². The van der Waals surface area contributed by atoms with Crippen LogP contribution in [0.3, 0.4) is 0 Å². The second-order valence-electron chi connectivity index (χ2n) is 6.75. The number of likely N-dealkylation sites (N-methyl/N-ethyl adjacent to an activating group) is 1. The summed E-state index contributed by atoms with van der Waals surface area (Å²) in [6.45, 7) is 13.9. The van der Waals surface area contributed by atoms with Crippen molar-refractivity contribution in [1.29, 1.82) is 0 Å². The third-order valence-corrected chi connectivity index (χ3v) is 4.82. The van der Waals surface area contributed by atoms with Crippen LogP contribution in [0.4, 0.5) is 0 Å². The molecule has 3 nitrogen and oxygen atoms in total. The fourth-order valence-electron chi connectivity index (χ4n) is 3.05. The van der Waals surface area contributed by atoms with Crippen molar-refractivity contribution in [2.45, 2.75) is 58.9 Å². The number of unbranched alkanes of at least 4 members (excludes halogenated alkanes) is 1. The lowest BCUT2D eigenvalue weighted by atomic mass is 9.88. The lowest BCUT2D eigenvalue weighted by molar-refractivity contribution is 0.131. The first-order chi connectivity index (χ1) is 9.00. The smallest absolute Gasteiger partial charge is 0.0610 e. The molecule has 1 saturated heterocycles. The Morgan fingerprint density at radius 2 is 2.00 bits per heavy atom. The minimum atomic E-state index is -0.0849. The molecular weight excluding hydrogens is 236 g/mol. The van der Waals surface area contributed by atoms with E-state index in [9.17, 15) is 5.11 Å². The molecule has 0 radical (unpaired) electrons. The van der Waals surface area contributed by atoms with E-state index in [-0.39, 0.29) is 12.1 Å². The van der Waals surface area contributed by atoms with E-state index in [0.29, 0.717) is 0 Å². The molecule has 0 aromatic heterocycles. The highest BCUT2D eigenvalue weighted by Gasteiger charge is 2.23. The molecule has 1 rings (SSSR count). The van der Waals surface area contributed by atoms with Crippen LogP contribution in [0.25, 0.3) is 0 Å². The van der Waals surface area contributed by atoms with Crippen LogP contribution < -0.4 is 5.32 Å². The fraction of sp³-hybridized carbons (Fsp3) is 1.00. The molecule has 1 aliphatic heterocycles. The van der Waals surface area contributed by atoms with Gasteiger partial charge in [-0.05, 0) is 57.7 Å². The largest absolute Gasteiger partial charge is 0.394 e. The maximum atomic E-state index is 9.46. The number of likely N-dealkylation sites (tertiary alicyclic amines) is 1. The van der Waals surface area contributed by atoms with Crippen molar-refractivity contribution in [3.63, 3.8) is 0 Å². The monoisotopic (exact) mass is 270 g/mol. The molecule has 2 N–H and O–H groups in total. The SMILES string of the molecule is CCNC(C)(CO)CCCCN1CCC(C)C(C)C1. The minimum Gasteiger partial charge on any atom is -0.394 e. The Hall–Kier alpha value is -0.120. The maximum Gasteiger partial charge on any atom is 0.0610 e. The molecule has 3 atom stereocenters. The average Bonchev–Trinajstić information content (AvgIpc) is 2.39. The van der Waals surface area contributed by atoms with Gasteiger partial charge in [0, 0.05) is 12.1 Å². The Morgan fingerprint density at radius 3 is 2.58 bits per heavy atom. The number of aliphatic hydroxyl groups excluding tert-OH is 1. The van der Waals surface area contributed by atoms with E-state index in [1.165, 1.54) is 38.9 Å². The van der Waals surface area contributed by atoms with Gasteiger partial charge in [-0.25, -0.2) is 0 Å². The van der Waals surface area contributed by atoms with Gasteiger partial charge >= 0.3 is 0 Å². The molecule has 1 heterocycles. The van der Waals surface area contributed by atoms with Crippen LogP contribution in [0.1, 0.15) is 53.4 Å². The zero-order valence-corrected chi connectivity index (χ0v) is 13.4. The molecule has 3 heteroatoms. The quantitative estimate of drug-likeness (QED) is 0.665. The Labute approximate surface area is 119 Å². The van der Waals surface area contributed by atoms with Crippen molar-refractivity contribution < 1.29 is 5.11 Å². The summed E-state index contributed by atoms with van der Waals surface area (Å²) in [6.07, 6.45) is 4.87. The van der Waals surface area contributed by atoms with Crippen LogP contribution in [0.5, 0.6) is 0 Å². The first-order valence-corrected chi connectivity index (χ1v) is 8.09. The van der Waals surface area contributed by atoms with Gasteiger partial charge in [0.2, 0.25) is 0 Å². The molecule has 0 spiro atoms. The van der Waals surface area contributed by atoms with Crippen LogP contribution >= 0.6 is 0 Å². The summed E-state index contributed by atoms with van der Waals surface area (Å²) in [5, 5.41) is 12.9. The van der Waals surface area contributed by atoms with Gasteiger partial charge in [-0.2, -0.15) is 0 Å². The van der Waals surface area contributed by atoms with Crippen molar-refractivity contribution in [2.75, 3.05) is 32.8 Å². The molecular formula is C16H34N2O. The molecule has 0 bridgehead atoms. The zero-order valence-electron chi connectivity index (χ0n) is 13.4. The lowest BCUT2D eigenvalue weighted by Gasteiger charge is -2.35. The Morgan fingerprint density at radius 1 is 1.26 bits per heavy atom. The van der Waals surface area contributed by atoms with E-state index in [4.69, 9.17) is 0 Å². The first-order valence-electron chi connectivity index (χ1n) is 8.09. The van der Waals surface area contributed by atoms with Crippen molar-refractivity contribution in [3.05, 3.63) is 0 Å². The topological polar surface area (TPSA) is 35.5 Å². The predicted octanol–water partition coefficient (Wildman–Crippen LogP) is 2.50. The Bertz CT molecular complexity index is 247. The van der Waals surface area contributed by atoms with Crippen LogP contribution in [-0.2, 0) is 0 Å². The van der Waals surface area contributed by atoms with E-state index < -0.39 is 0 Å². The highest BCUT2D eigenvalue weighted by atomic mass is 16.3. The highest BCUT2D eigenvalue weighted by Crippen LogP contribution is 2.23. The second-order valence-corrected chi connectivity index (χ2v) is 6.75. The van der Waals surface area contributed by atoms with Crippen molar-refractivity contribution in [1.82, 2.24) is 10.2 Å². The van der Waals surface area contributed by atoms with Gasteiger partial charge in [-0.1, -0.05) is 27.2 Å². The summed E-state index contributed by atoms with van der Waals surface area (Å²) >= 11 is 0. The number of rotatable bonds is 8. The van der Waals surface area contributed by atoms with Crippen LogP contribution in [0.15, 0.2) is 0 Å². The molecule has 0 saturated carbocycles. The van der Waals surface area contributed by atoms with E-state index >= 15 is 0 Å². The summed E-state index contributed by atoms with van der Waals surface area (Å²) < 4.78 is 0.